The van der Waals surface area contributed by atoms with Gasteiger partial charge in [0.05, 0.1) is 23.1 Å². The van der Waals surface area contributed by atoms with E-state index in [9.17, 15) is 14.7 Å². The predicted molar refractivity (Wildman–Crippen MR) is 135 cm³/mol. The predicted octanol–water partition coefficient (Wildman–Crippen LogP) is 6.32. The number of carbonyl (C=O) groups is 1. The number of carboxylic acid groups (broad SMARTS) is 1. The average Bonchev–Trinajstić information content (AvgIpc) is 2.82. The number of aryl methyl sites for hydroxylation is 1. The molecule has 1 heterocycles. The standard InChI is InChI=1S/C28H26N2O4/c1-6-20(12-11-16(2)15-29)26-18(4)25(31)23-14-17(3)13-22(27(23)34-26)19(5)30-24-10-8-7-9-21(24)28(32)33/h6-14,19,30H,1H2,2-5H3,(H,32,33)/b16-11+,20-12+/t19-/m1/s1. The average molecular weight is 455 g/mol. The van der Waals surface area contributed by atoms with Gasteiger partial charge in [-0.25, -0.2) is 4.79 Å². The number of nitriles is 1. The molecule has 0 saturated heterocycles. The van der Waals surface area contributed by atoms with E-state index in [1.54, 1.807) is 56.3 Å². The van der Waals surface area contributed by atoms with Gasteiger partial charge in [-0.05, 0) is 57.5 Å². The minimum atomic E-state index is -1.03. The van der Waals surface area contributed by atoms with Gasteiger partial charge in [-0.1, -0.05) is 36.9 Å². The van der Waals surface area contributed by atoms with E-state index in [1.807, 2.05) is 19.9 Å². The number of aromatic carboxylic acids is 1. The summed E-state index contributed by atoms with van der Waals surface area (Å²) in [5.74, 6) is -0.659. The Bertz CT molecular complexity index is 1450. The number of nitrogens with zero attached hydrogens (tertiary/aromatic N) is 1. The monoisotopic (exact) mass is 454 g/mol. The number of allylic oxidation sites excluding steroid dienone is 5. The Morgan fingerprint density at radius 1 is 1.24 bits per heavy atom. The van der Waals surface area contributed by atoms with Crippen molar-refractivity contribution in [2.75, 3.05) is 5.32 Å². The molecule has 6 nitrogen and oxygen atoms in total. The van der Waals surface area contributed by atoms with E-state index < -0.39 is 5.97 Å². The number of hydrogen-bond acceptors (Lipinski definition) is 5. The molecule has 0 unspecified atom stereocenters. The Labute approximate surface area is 198 Å². The topological polar surface area (TPSA) is 103 Å². The van der Waals surface area contributed by atoms with Gasteiger partial charge >= 0.3 is 5.97 Å². The summed E-state index contributed by atoms with van der Waals surface area (Å²) in [5, 5.41) is 22.3. The summed E-state index contributed by atoms with van der Waals surface area (Å²) in [4.78, 5) is 24.9. The highest BCUT2D eigenvalue weighted by Gasteiger charge is 2.20. The lowest BCUT2D eigenvalue weighted by molar-refractivity contribution is 0.0698. The van der Waals surface area contributed by atoms with Crippen molar-refractivity contribution in [2.24, 2.45) is 0 Å². The molecule has 3 rings (SSSR count). The number of para-hydroxylation sites is 1. The second kappa shape index (κ2) is 10.1. The van der Waals surface area contributed by atoms with E-state index in [2.05, 4.69) is 18.0 Å². The van der Waals surface area contributed by atoms with Crippen molar-refractivity contribution >= 4 is 28.2 Å². The van der Waals surface area contributed by atoms with Crippen LogP contribution in [-0.4, -0.2) is 11.1 Å². The summed E-state index contributed by atoms with van der Waals surface area (Å²) in [6.45, 7) is 11.0. The quantitative estimate of drug-likeness (QED) is 0.320. The van der Waals surface area contributed by atoms with Gasteiger partial charge < -0.3 is 14.8 Å². The molecule has 172 valence electrons. The summed E-state index contributed by atoms with van der Waals surface area (Å²) in [6, 6.07) is 12.1. The maximum atomic E-state index is 13.3. The van der Waals surface area contributed by atoms with Crippen LogP contribution >= 0.6 is 0 Å². The van der Waals surface area contributed by atoms with Gasteiger partial charge in [0.2, 0.25) is 0 Å². The zero-order valence-electron chi connectivity index (χ0n) is 19.6. The third-order valence-electron chi connectivity index (χ3n) is 5.56. The highest BCUT2D eigenvalue weighted by Crippen LogP contribution is 2.31. The smallest absolute Gasteiger partial charge is 0.337 e. The van der Waals surface area contributed by atoms with Gasteiger partial charge in [0, 0.05) is 28.0 Å². The number of rotatable bonds is 7. The van der Waals surface area contributed by atoms with Crippen molar-refractivity contribution in [2.45, 2.75) is 33.7 Å². The minimum Gasteiger partial charge on any atom is -0.478 e. The molecule has 2 N–H and O–H groups in total. The fourth-order valence-corrected chi connectivity index (χ4v) is 3.76. The van der Waals surface area contributed by atoms with Crippen LogP contribution in [0, 0.1) is 25.2 Å². The molecule has 0 saturated carbocycles. The Hall–Kier alpha value is -4.37. The first-order chi connectivity index (χ1) is 16.2. The van der Waals surface area contributed by atoms with E-state index in [0.29, 0.717) is 39.1 Å². The molecule has 0 aliphatic heterocycles. The lowest BCUT2D eigenvalue weighted by atomic mass is 9.98. The van der Waals surface area contributed by atoms with Crippen molar-refractivity contribution in [1.29, 1.82) is 5.26 Å². The van der Waals surface area contributed by atoms with Gasteiger partial charge in [-0.3, -0.25) is 4.79 Å². The molecular weight excluding hydrogens is 428 g/mol. The van der Waals surface area contributed by atoms with Gasteiger partial charge in [0.15, 0.2) is 5.43 Å². The van der Waals surface area contributed by atoms with E-state index in [-0.39, 0.29) is 17.0 Å². The third kappa shape index (κ3) is 4.84. The second-order valence-electron chi connectivity index (χ2n) is 8.12. The lowest BCUT2D eigenvalue weighted by Crippen LogP contribution is -2.14. The van der Waals surface area contributed by atoms with Crippen LogP contribution in [0.5, 0.6) is 0 Å². The molecule has 1 aromatic heterocycles. The van der Waals surface area contributed by atoms with Crippen molar-refractivity contribution in [3.8, 4) is 6.07 Å². The van der Waals surface area contributed by atoms with Crippen LogP contribution in [0.2, 0.25) is 0 Å². The largest absolute Gasteiger partial charge is 0.478 e. The first kappa shape index (κ1) is 24.3. The van der Waals surface area contributed by atoms with Crippen LogP contribution in [0.25, 0.3) is 16.5 Å². The van der Waals surface area contributed by atoms with Crippen molar-refractivity contribution in [3.63, 3.8) is 0 Å². The molecular formula is C28H26N2O4. The SMILES string of the molecule is C=C/C(=C\C=C(/C)C#N)c1oc2c([C@@H](C)Nc3ccccc3C(=O)O)cc(C)cc2c(=O)c1C. The first-order valence-corrected chi connectivity index (χ1v) is 10.8. The summed E-state index contributed by atoms with van der Waals surface area (Å²) < 4.78 is 6.31. The van der Waals surface area contributed by atoms with E-state index >= 15 is 0 Å². The molecule has 0 radical (unpaired) electrons. The maximum absolute atomic E-state index is 13.3. The molecule has 34 heavy (non-hydrogen) atoms. The zero-order chi connectivity index (χ0) is 25.0. The highest BCUT2D eigenvalue weighted by molar-refractivity contribution is 5.94. The van der Waals surface area contributed by atoms with Crippen LogP contribution in [0.1, 0.15) is 52.7 Å². The van der Waals surface area contributed by atoms with Gasteiger partial charge in [-0.15, -0.1) is 0 Å². The number of fused-ring (bicyclic) bond motifs is 1. The van der Waals surface area contributed by atoms with Crippen LogP contribution in [-0.2, 0) is 0 Å². The van der Waals surface area contributed by atoms with Crippen LogP contribution in [0.15, 0.2) is 76.0 Å². The highest BCUT2D eigenvalue weighted by atomic mass is 16.4. The van der Waals surface area contributed by atoms with Gasteiger partial charge in [-0.2, -0.15) is 5.26 Å². The van der Waals surface area contributed by atoms with Crippen LogP contribution in [0.4, 0.5) is 5.69 Å². The summed E-state index contributed by atoms with van der Waals surface area (Å²) in [6.07, 6.45) is 4.92. The van der Waals surface area contributed by atoms with Crippen LogP contribution < -0.4 is 10.7 Å². The molecule has 3 aromatic rings. The Morgan fingerprint density at radius 3 is 2.59 bits per heavy atom. The number of anilines is 1. The van der Waals surface area contributed by atoms with Crippen LogP contribution in [0.3, 0.4) is 0 Å². The molecule has 1 atom stereocenters. The Kier molecular flexibility index (Phi) is 7.18. The lowest BCUT2D eigenvalue weighted by Gasteiger charge is -2.20. The summed E-state index contributed by atoms with van der Waals surface area (Å²) in [5.41, 5.74) is 4.01. The Balaban J connectivity index is 2.22. The number of hydrogen-bond donors (Lipinski definition) is 2. The molecule has 0 aliphatic carbocycles. The maximum Gasteiger partial charge on any atom is 0.337 e. The number of nitrogens with one attached hydrogen (secondary N) is 1. The van der Waals surface area contributed by atoms with Crippen molar-refractivity contribution in [3.05, 3.63) is 105 Å². The van der Waals surface area contributed by atoms with Crippen molar-refractivity contribution in [1.82, 2.24) is 0 Å². The molecule has 0 aliphatic rings. The van der Waals surface area contributed by atoms with E-state index in [0.717, 1.165) is 11.1 Å². The van der Waals surface area contributed by atoms with E-state index in [1.165, 1.54) is 6.07 Å². The zero-order valence-corrected chi connectivity index (χ0v) is 19.6. The van der Waals surface area contributed by atoms with Crippen molar-refractivity contribution < 1.29 is 14.3 Å². The molecule has 0 spiro atoms. The number of carboxylic acids is 1. The van der Waals surface area contributed by atoms with Gasteiger partial charge in [0.25, 0.3) is 0 Å². The minimum absolute atomic E-state index is 0.154. The first-order valence-electron chi connectivity index (χ1n) is 10.8. The van der Waals surface area contributed by atoms with Gasteiger partial charge in [0.1, 0.15) is 11.3 Å². The second-order valence-corrected chi connectivity index (χ2v) is 8.12. The molecule has 0 bridgehead atoms. The Morgan fingerprint density at radius 2 is 1.94 bits per heavy atom. The molecule has 0 fully saturated rings. The number of benzene rings is 2. The fourth-order valence-electron chi connectivity index (χ4n) is 3.76. The molecule has 2 aromatic carbocycles. The summed E-state index contributed by atoms with van der Waals surface area (Å²) >= 11 is 0. The molecule has 0 amide bonds. The fraction of sp³-hybridized carbons (Fsp3) is 0.179. The normalized spacial score (nSPS) is 12.8. The molecule has 6 heteroatoms. The third-order valence-corrected chi connectivity index (χ3v) is 5.56. The summed E-state index contributed by atoms with van der Waals surface area (Å²) in [7, 11) is 0. The van der Waals surface area contributed by atoms with E-state index in [4.69, 9.17) is 9.68 Å².